The molecule has 0 aliphatic carbocycles. The fourth-order valence-electron chi connectivity index (χ4n) is 6.00. The Kier molecular flexibility index (Phi) is 9.26. The molecule has 2 aliphatic heterocycles. The van der Waals surface area contributed by atoms with Crippen LogP contribution in [0.25, 0.3) is 16.1 Å². The molecule has 2 N–H and O–H groups in total. The van der Waals surface area contributed by atoms with Crippen molar-refractivity contribution in [3.63, 3.8) is 0 Å². The van der Waals surface area contributed by atoms with Crippen molar-refractivity contribution in [3.05, 3.63) is 105 Å². The minimum Gasteiger partial charge on any atom is -0.475 e. The van der Waals surface area contributed by atoms with Gasteiger partial charge in [0.05, 0.1) is 31.8 Å². The van der Waals surface area contributed by atoms with Gasteiger partial charge in [-0.1, -0.05) is 29.8 Å². The molecule has 5 aromatic rings. The van der Waals surface area contributed by atoms with Gasteiger partial charge in [-0.05, 0) is 67.8 Å². The lowest BCUT2D eigenvalue weighted by molar-refractivity contribution is -0.121. The van der Waals surface area contributed by atoms with E-state index in [1.165, 1.54) is 4.88 Å². The number of anilines is 1. The van der Waals surface area contributed by atoms with E-state index in [2.05, 4.69) is 39.7 Å². The summed E-state index contributed by atoms with van der Waals surface area (Å²) in [7, 11) is 0. The highest BCUT2D eigenvalue weighted by Gasteiger charge is 2.32. The molecule has 5 heterocycles. The molecule has 0 saturated heterocycles. The van der Waals surface area contributed by atoms with Crippen molar-refractivity contribution < 1.29 is 19.1 Å². The summed E-state index contributed by atoms with van der Waals surface area (Å²) in [6, 6.07) is 16.7. The smallest absolute Gasteiger partial charge is 0.228 e. The number of carbonyl (C=O) groups is 2. The predicted molar refractivity (Wildman–Crippen MR) is 189 cm³/mol. The molecule has 2 amide bonds. The van der Waals surface area contributed by atoms with Gasteiger partial charge < -0.3 is 20.1 Å². The number of aryl methyl sites for hydroxylation is 2. The molecule has 1 atom stereocenters. The van der Waals surface area contributed by atoms with E-state index in [0.29, 0.717) is 49.5 Å². The van der Waals surface area contributed by atoms with Crippen molar-refractivity contribution in [1.82, 2.24) is 25.1 Å². The summed E-state index contributed by atoms with van der Waals surface area (Å²) >= 11 is 7.88. The van der Waals surface area contributed by atoms with Gasteiger partial charge in [0.1, 0.15) is 23.5 Å². The molecule has 0 bridgehead atoms. The van der Waals surface area contributed by atoms with Crippen LogP contribution in [0, 0.1) is 20.8 Å². The average Bonchev–Trinajstić information content (AvgIpc) is 3.73. The summed E-state index contributed by atoms with van der Waals surface area (Å²) in [5, 5.41) is 16.3. The summed E-state index contributed by atoms with van der Waals surface area (Å²) in [6.45, 7) is 7.43. The highest BCUT2D eigenvalue weighted by Crippen LogP contribution is 2.39. The predicted octanol–water partition coefficient (Wildman–Crippen LogP) is 5.96. The monoisotopic (exact) mass is 695 g/mol. The van der Waals surface area contributed by atoms with Gasteiger partial charge in [-0.15, -0.1) is 21.5 Å². The van der Waals surface area contributed by atoms with E-state index < -0.39 is 6.04 Å². The maximum atomic E-state index is 13.2. The van der Waals surface area contributed by atoms with Crippen LogP contribution in [0.15, 0.2) is 65.8 Å². The van der Waals surface area contributed by atoms with Crippen LogP contribution >= 0.6 is 22.9 Å². The molecular formula is C36H34ClN7O4S. The summed E-state index contributed by atoms with van der Waals surface area (Å²) < 4.78 is 13.5. The van der Waals surface area contributed by atoms with Gasteiger partial charge in [0.15, 0.2) is 5.82 Å². The molecule has 0 radical (unpaired) electrons. The molecule has 2 aromatic carbocycles. The number of nitrogens with one attached hydrogen (secondary N) is 2. The third-order valence-corrected chi connectivity index (χ3v) is 10.0. The number of halogens is 1. The van der Waals surface area contributed by atoms with E-state index in [1.807, 2.05) is 66.1 Å². The molecule has 11 nitrogen and oxygen atoms in total. The summed E-state index contributed by atoms with van der Waals surface area (Å²) in [4.78, 5) is 35.6. The zero-order valence-electron chi connectivity index (χ0n) is 27.2. The number of carbonyl (C=O) groups excluding carboxylic acids is 2. The topological polar surface area (TPSA) is 133 Å². The SMILES string of the molecule is Cc1sc2c(c1C)C(c1ccc(Cl)cc1)=N[C@@H](CC(=O)NCCOCCOc1ccc(-c3ccc4c(c3)CC(=O)N4)cn1)c1nnc(C)n1-2. The van der Waals surface area contributed by atoms with E-state index in [4.69, 9.17) is 26.1 Å². The fourth-order valence-corrected chi connectivity index (χ4v) is 7.34. The standard InChI is InChI=1S/C36H34ClN7O4S/c1-20-21(2)49-36-33(20)34(23-4-8-27(37)9-5-23)41-29(35-43-42-22(3)44(35)36)18-30(45)38-12-13-47-14-15-48-32-11-7-25(19-39-32)24-6-10-28-26(16-24)17-31(46)40-28/h4-11,16,19,29H,12-15,17-18H2,1-3H3,(H,38,45)(H,40,46)/t29-/m0/s1. The van der Waals surface area contributed by atoms with Gasteiger partial charge in [0.2, 0.25) is 17.7 Å². The van der Waals surface area contributed by atoms with Crippen molar-refractivity contribution in [3.8, 4) is 22.0 Å². The van der Waals surface area contributed by atoms with E-state index in [1.54, 1.807) is 17.5 Å². The zero-order chi connectivity index (χ0) is 34.1. The van der Waals surface area contributed by atoms with E-state index in [0.717, 1.165) is 55.6 Å². The first-order valence-electron chi connectivity index (χ1n) is 16.0. The molecule has 0 unspecified atom stereocenters. The van der Waals surface area contributed by atoms with Gasteiger partial charge >= 0.3 is 0 Å². The first-order chi connectivity index (χ1) is 23.7. The summed E-state index contributed by atoms with van der Waals surface area (Å²) in [6.07, 6.45) is 2.25. The van der Waals surface area contributed by atoms with Crippen molar-refractivity contribution in [2.75, 3.05) is 31.7 Å². The van der Waals surface area contributed by atoms with Crippen LogP contribution in [0.4, 0.5) is 5.69 Å². The summed E-state index contributed by atoms with van der Waals surface area (Å²) in [5.41, 5.74) is 7.67. The molecule has 7 rings (SSSR count). The Morgan fingerprint density at radius 3 is 2.61 bits per heavy atom. The quantitative estimate of drug-likeness (QED) is 0.163. The summed E-state index contributed by atoms with van der Waals surface area (Å²) in [5.74, 6) is 1.72. The Hall–Kier alpha value is -4.91. The van der Waals surface area contributed by atoms with E-state index in [-0.39, 0.29) is 18.2 Å². The van der Waals surface area contributed by atoms with Gasteiger partial charge in [-0.25, -0.2) is 4.98 Å². The number of rotatable bonds is 11. The number of benzene rings is 2. The number of pyridine rings is 1. The molecule has 3 aromatic heterocycles. The van der Waals surface area contributed by atoms with E-state index >= 15 is 0 Å². The second-order valence-corrected chi connectivity index (χ2v) is 13.5. The lowest BCUT2D eigenvalue weighted by Gasteiger charge is -2.13. The van der Waals surface area contributed by atoms with Crippen LogP contribution in [0.3, 0.4) is 0 Å². The van der Waals surface area contributed by atoms with Crippen LogP contribution in [0.5, 0.6) is 5.88 Å². The van der Waals surface area contributed by atoms with Gasteiger partial charge in [0.25, 0.3) is 0 Å². The zero-order valence-corrected chi connectivity index (χ0v) is 28.8. The van der Waals surface area contributed by atoms with Crippen molar-refractivity contribution >= 4 is 46.2 Å². The number of aliphatic imine (C=N–C) groups is 1. The number of hydrogen-bond acceptors (Lipinski definition) is 9. The molecule has 0 spiro atoms. The van der Waals surface area contributed by atoms with Crippen LogP contribution in [0.1, 0.15) is 51.2 Å². The number of amides is 2. The van der Waals surface area contributed by atoms with Crippen LogP contribution in [0.2, 0.25) is 5.02 Å². The highest BCUT2D eigenvalue weighted by atomic mass is 35.5. The maximum absolute atomic E-state index is 13.2. The molecule has 13 heteroatoms. The minimum atomic E-state index is -0.539. The normalized spacial score (nSPS) is 14.7. The second kappa shape index (κ2) is 13.9. The Morgan fingerprint density at radius 2 is 1.82 bits per heavy atom. The Labute approximate surface area is 292 Å². The van der Waals surface area contributed by atoms with Crippen molar-refractivity contribution in [2.24, 2.45) is 4.99 Å². The number of aromatic nitrogens is 4. The largest absolute Gasteiger partial charge is 0.475 e. The van der Waals surface area contributed by atoms with Crippen molar-refractivity contribution in [1.29, 1.82) is 0 Å². The lowest BCUT2D eigenvalue weighted by Crippen LogP contribution is -2.29. The highest BCUT2D eigenvalue weighted by molar-refractivity contribution is 7.15. The van der Waals surface area contributed by atoms with Gasteiger partial charge in [-0.2, -0.15) is 0 Å². The molecule has 0 fully saturated rings. The Balaban J connectivity index is 0.919. The second-order valence-electron chi connectivity index (χ2n) is 11.9. The van der Waals surface area contributed by atoms with Gasteiger partial charge in [-0.3, -0.25) is 19.1 Å². The number of ether oxygens (including phenoxy) is 2. The third kappa shape index (κ3) is 6.85. The fraction of sp³-hybridized carbons (Fsp3) is 0.278. The first kappa shape index (κ1) is 32.6. The van der Waals surface area contributed by atoms with Crippen LogP contribution in [-0.2, 0) is 20.7 Å². The molecule has 250 valence electrons. The maximum Gasteiger partial charge on any atom is 0.228 e. The first-order valence-corrected chi connectivity index (χ1v) is 17.2. The van der Waals surface area contributed by atoms with Crippen LogP contribution < -0.4 is 15.4 Å². The molecule has 2 aliphatic rings. The molecular weight excluding hydrogens is 662 g/mol. The minimum absolute atomic E-state index is 0.0107. The number of fused-ring (bicyclic) bond motifs is 4. The van der Waals surface area contributed by atoms with E-state index in [9.17, 15) is 9.59 Å². The van der Waals surface area contributed by atoms with Crippen LogP contribution in [-0.4, -0.2) is 63.6 Å². The Morgan fingerprint density at radius 1 is 1.02 bits per heavy atom. The number of thiophene rings is 1. The number of nitrogens with zero attached hydrogens (tertiary/aromatic N) is 5. The number of hydrogen-bond donors (Lipinski definition) is 2. The third-order valence-electron chi connectivity index (χ3n) is 8.58. The molecule has 0 saturated carbocycles. The Bertz CT molecular complexity index is 2070. The molecule has 49 heavy (non-hydrogen) atoms. The average molecular weight is 696 g/mol. The van der Waals surface area contributed by atoms with Crippen molar-refractivity contribution in [2.45, 2.75) is 39.7 Å². The van der Waals surface area contributed by atoms with Gasteiger partial charge in [0, 0.05) is 51.1 Å². The lowest BCUT2D eigenvalue weighted by atomic mass is 9.99.